The van der Waals surface area contributed by atoms with Gasteiger partial charge in [0.05, 0.1) is 10.9 Å². The molecule has 0 spiro atoms. The predicted octanol–water partition coefficient (Wildman–Crippen LogP) is 2.11. The van der Waals surface area contributed by atoms with E-state index in [0.717, 1.165) is 6.07 Å². The number of carboxylic acid groups (broad SMARTS) is 1. The van der Waals surface area contributed by atoms with Crippen LogP contribution >= 0.6 is 11.6 Å². The molecule has 1 aromatic carbocycles. The molecule has 0 amide bonds. The number of halogens is 2. The number of benzene rings is 1. The molecular formula is C10H8ClFO3. The van der Waals surface area contributed by atoms with Gasteiger partial charge in [-0.25, -0.2) is 4.39 Å². The highest BCUT2D eigenvalue weighted by molar-refractivity contribution is 6.32. The highest BCUT2D eigenvalue weighted by atomic mass is 35.5. The van der Waals surface area contributed by atoms with Gasteiger partial charge in [0.25, 0.3) is 0 Å². The highest BCUT2D eigenvalue weighted by Crippen LogP contribution is 2.35. The lowest BCUT2D eigenvalue weighted by molar-refractivity contribution is -0.143. The number of rotatable bonds is 1. The van der Waals surface area contributed by atoms with Crippen LogP contribution in [0.3, 0.4) is 0 Å². The van der Waals surface area contributed by atoms with E-state index >= 15 is 0 Å². The molecular weight excluding hydrogens is 223 g/mol. The van der Waals surface area contributed by atoms with Crippen LogP contribution in [-0.2, 0) is 11.2 Å². The average molecular weight is 231 g/mol. The second kappa shape index (κ2) is 3.70. The molecule has 0 unspecified atom stereocenters. The third-order valence-corrected chi connectivity index (χ3v) is 2.61. The zero-order valence-corrected chi connectivity index (χ0v) is 8.42. The van der Waals surface area contributed by atoms with Gasteiger partial charge in [-0.2, -0.15) is 0 Å². The lowest BCUT2D eigenvalue weighted by atomic mass is 9.97. The van der Waals surface area contributed by atoms with Gasteiger partial charge in [-0.3, -0.25) is 4.79 Å². The molecule has 2 rings (SSSR count). The fraction of sp³-hybridized carbons (Fsp3) is 0.300. The van der Waals surface area contributed by atoms with E-state index in [-0.39, 0.29) is 18.1 Å². The van der Waals surface area contributed by atoms with Crippen LogP contribution < -0.4 is 4.74 Å². The topological polar surface area (TPSA) is 46.5 Å². The van der Waals surface area contributed by atoms with Crippen LogP contribution in [-0.4, -0.2) is 17.7 Å². The van der Waals surface area contributed by atoms with Gasteiger partial charge < -0.3 is 9.84 Å². The molecule has 0 fully saturated rings. The van der Waals surface area contributed by atoms with Gasteiger partial charge in [-0.15, -0.1) is 0 Å². The third kappa shape index (κ3) is 1.90. The molecule has 0 bridgehead atoms. The van der Waals surface area contributed by atoms with E-state index in [2.05, 4.69) is 0 Å². The number of carbonyl (C=O) groups is 1. The van der Waals surface area contributed by atoms with E-state index in [1.807, 2.05) is 0 Å². The molecule has 0 saturated heterocycles. The summed E-state index contributed by atoms with van der Waals surface area (Å²) >= 11 is 5.76. The number of ether oxygens (including phenoxy) is 1. The minimum atomic E-state index is -0.943. The van der Waals surface area contributed by atoms with Crippen LogP contribution in [0, 0.1) is 11.7 Å². The first-order valence-corrected chi connectivity index (χ1v) is 4.79. The predicted molar refractivity (Wildman–Crippen MR) is 51.7 cm³/mol. The Morgan fingerprint density at radius 1 is 1.60 bits per heavy atom. The van der Waals surface area contributed by atoms with Gasteiger partial charge in [0.2, 0.25) is 0 Å². The average Bonchev–Trinajstić information content (AvgIpc) is 2.16. The molecule has 0 radical (unpaired) electrons. The normalized spacial score (nSPS) is 19.2. The van der Waals surface area contributed by atoms with Gasteiger partial charge in [0, 0.05) is 0 Å². The van der Waals surface area contributed by atoms with E-state index in [4.69, 9.17) is 21.4 Å². The van der Waals surface area contributed by atoms with Crippen molar-refractivity contribution in [1.29, 1.82) is 0 Å². The van der Waals surface area contributed by atoms with Crippen molar-refractivity contribution in [3.63, 3.8) is 0 Å². The molecule has 15 heavy (non-hydrogen) atoms. The van der Waals surface area contributed by atoms with E-state index < -0.39 is 17.7 Å². The van der Waals surface area contributed by atoms with Crippen LogP contribution in [0.5, 0.6) is 5.75 Å². The summed E-state index contributed by atoms with van der Waals surface area (Å²) in [5.41, 5.74) is 0.513. The Bertz CT molecular complexity index is 419. The molecule has 5 heteroatoms. The lowest BCUT2D eigenvalue weighted by Gasteiger charge is -2.23. The van der Waals surface area contributed by atoms with Crippen molar-refractivity contribution in [3.8, 4) is 5.75 Å². The molecule has 0 aliphatic carbocycles. The van der Waals surface area contributed by atoms with Crippen LogP contribution in [0.1, 0.15) is 5.56 Å². The first-order valence-electron chi connectivity index (χ1n) is 4.41. The Balaban J connectivity index is 2.37. The van der Waals surface area contributed by atoms with Crippen LogP contribution in [0.15, 0.2) is 12.1 Å². The van der Waals surface area contributed by atoms with Gasteiger partial charge in [0.15, 0.2) is 0 Å². The summed E-state index contributed by atoms with van der Waals surface area (Å²) in [6.07, 6.45) is 0.252. The SMILES string of the molecule is O=C(O)[C@H]1COc2c(Cl)cc(F)cc2C1. The molecule has 1 N–H and O–H groups in total. The summed E-state index contributed by atoms with van der Waals surface area (Å²) in [6, 6.07) is 2.41. The fourth-order valence-electron chi connectivity index (χ4n) is 1.59. The van der Waals surface area contributed by atoms with Crippen molar-refractivity contribution in [2.75, 3.05) is 6.61 Å². The Hall–Kier alpha value is -1.29. The molecule has 1 heterocycles. The second-order valence-electron chi connectivity index (χ2n) is 3.43. The number of hydrogen-bond acceptors (Lipinski definition) is 2. The Kier molecular flexibility index (Phi) is 2.52. The molecule has 1 aliphatic heterocycles. The minimum absolute atomic E-state index is 0.0771. The molecule has 80 valence electrons. The summed E-state index contributed by atoms with van der Waals surface area (Å²) in [4.78, 5) is 10.7. The maximum Gasteiger partial charge on any atom is 0.310 e. The van der Waals surface area contributed by atoms with Crippen LogP contribution in [0.25, 0.3) is 0 Å². The fourth-order valence-corrected chi connectivity index (χ4v) is 1.87. The van der Waals surface area contributed by atoms with E-state index in [1.54, 1.807) is 0 Å². The number of aliphatic carboxylic acids is 1. The van der Waals surface area contributed by atoms with E-state index in [1.165, 1.54) is 6.07 Å². The van der Waals surface area contributed by atoms with Crippen LogP contribution in [0.4, 0.5) is 4.39 Å². The van der Waals surface area contributed by atoms with Crippen molar-refractivity contribution in [2.24, 2.45) is 5.92 Å². The monoisotopic (exact) mass is 230 g/mol. The number of carboxylic acids is 1. The summed E-state index contributed by atoms with van der Waals surface area (Å²) in [5, 5.41) is 8.98. The van der Waals surface area contributed by atoms with Crippen molar-refractivity contribution in [3.05, 3.63) is 28.5 Å². The summed E-state index contributed by atoms with van der Waals surface area (Å²) in [6.45, 7) is 0.0771. The van der Waals surface area contributed by atoms with Crippen molar-refractivity contribution in [1.82, 2.24) is 0 Å². The standard InChI is InChI=1S/C10H8ClFO3/c11-8-3-7(12)2-5-1-6(10(13)14)4-15-9(5)8/h2-3,6H,1,4H2,(H,13,14)/t6-/m1/s1. The second-order valence-corrected chi connectivity index (χ2v) is 3.83. The summed E-state index contributed by atoms with van der Waals surface area (Å²) in [7, 11) is 0. The van der Waals surface area contributed by atoms with Crippen molar-refractivity contribution >= 4 is 17.6 Å². The van der Waals surface area contributed by atoms with E-state index in [9.17, 15) is 9.18 Å². The summed E-state index contributed by atoms with van der Waals surface area (Å²) in [5.74, 6) is -1.65. The van der Waals surface area contributed by atoms with Gasteiger partial charge in [-0.05, 0) is 24.1 Å². The molecule has 3 nitrogen and oxygen atoms in total. The van der Waals surface area contributed by atoms with Crippen molar-refractivity contribution < 1.29 is 19.0 Å². The van der Waals surface area contributed by atoms with E-state index in [0.29, 0.717) is 11.3 Å². The molecule has 0 aromatic heterocycles. The Morgan fingerprint density at radius 2 is 2.33 bits per heavy atom. The first-order chi connectivity index (χ1) is 7.08. The smallest absolute Gasteiger partial charge is 0.310 e. The molecule has 1 aliphatic rings. The highest BCUT2D eigenvalue weighted by Gasteiger charge is 2.27. The summed E-state index contributed by atoms with van der Waals surface area (Å²) < 4.78 is 18.2. The third-order valence-electron chi connectivity index (χ3n) is 2.33. The quantitative estimate of drug-likeness (QED) is 0.804. The van der Waals surface area contributed by atoms with Crippen molar-refractivity contribution in [2.45, 2.75) is 6.42 Å². The lowest BCUT2D eigenvalue weighted by Crippen LogP contribution is -2.28. The first kappa shape index (κ1) is 10.2. The Labute approximate surface area is 90.4 Å². The van der Waals surface area contributed by atoms with Gasteiger partial charge in [-0.1, -0.05) is 11.6 Å². The maximum atomic E-state index is 13.0. The number of fused-ring (bicyclic) bond motifs is 1. The zero-order chi connectivity index (χ0) is 11.0. The van der Waals surface area contributed by atoms with Crippen LogP contribution in [0.2, 0.25) is 5.02 Å². The molecule has 1 aromatic rings. The largest absolute Gasteiger partial charge is 0.491 e. The molecule has 0 saturated carbocycles. The minimum Gasteiger partial charge on any atom is -0.491 e. The Morgan fingerprint density at radius 3 is 3.00 bits per heavy atom. The number of hydrogen-bond donors (Lipinski definition) is 1. The zero-order valence-electron chi connectivity index (χ0n) is 7.67. The molecule has 1 atom stereocenters. The van der Waals surface area contributed by atoms with Gasteiger partial charge in [0.1, 0.15) is 18.2 Å². The maximum absolute atomic E-state index is 13.0. The van der Waals surface area contributed by atoms with Gasteiger partial charge >= 0.3 is 5.97 Å².